The first kappa shape index (κ1) is 18.0. The largest absolute Gasteiger partial charge is 0.263 e. The third kappa shape index (κ3) is 4.24. The highest BCUT2D eigenvalue weighted by atomic mass is 32.2. The van der Waals surface area contributed by atoms with Crippen LogP contribution in [0.5, 0.6) is 0 Å². The van der Waals surface area contributed by atoms with Crippen LogP contribution in [0, 0.1) is 5.92 Å². The molecule has 0 spiro atoms. The Balaban J connectivity index is 1.83. The van der Waals surface area contributed by atoms with E-state index in [1.807, 2.05) is 10.7 Å². The van der Waals surface area contributed by atoms with Crippen LogP contribution in [0.25, 0.3) is 11.4 Å². The third-order valence-corrected chi connectivity index (χ3v) is 5.87. The minimum Gasteiger partial charge on any atom is -0.263 e. The van der Waals surface area contributed by atoms with Gasteiger partial charge in [0.1, 0.15) is 5.69 Å². The quantitative estimate of drug-likeness (QED) is 0.784. The van der Waals surface area contributed by atoms with Crippen molar-refractivity contribution in [2.75, 3.05) is 19.3 Å². The maximum Gasteiger partial charge on any atom is 0.211 e. The van der Waals surface area contributed by atoms with E-state index < -0.39 is 10.0 Å². The zero-order chi connectivity index (χ0) is 17.9. The molecule has 0 amide bonds. The van der Waals surface area contributed by atoms with Crippen LogP contribution in [0.2, 0.25) is 0 Å². The summed E-state index contributed by atoms with van der Waals surface area (Å²) in [5.74, 6) is 0.265. The third-order valence-electron chi connectivity index (χ3n) is 4.60. The molecular formula is C17H25N5O2S. The summed E-state index contributed by atoms with van der Waals surface area (Å²) in [6.45, 7) is 4.13. The minimum absolute atomic E-state index is 0.265. The smallest absolute Gasteiger partial charge is 0.211 e. The van der Waals surface area contributed by atoms with Crippen LogP contribution < -0.4 is 0 Å². The Kier molecular flexibility index (Phi) is 5.48. The van der Waals surface area contributed by atoms with Crippen molar-refractivity contribution in [1.29, 1.82) is 0 Å². The van der Waals surface area contributed by atoms with Gasteiger partial charge in [-0.05, 0) is 37.7 Å². The standard InChI is InChI=1S/C17H25N5O2S/c1-3-10-22-16(6-7-20-22)17-15(18-8-9-19-17)12-14-5-4-11-21(13-14)25(2,23)24/h6-9,14H,3-5,10-13H2,1-2H3. The molecule has 0 aromatic carbocycles. The minimum atomic E-state index is -3.14. The number of aromatic nitrogens is 4. The molecule has 2 aromatic rings. The number of rotatable bonds is 6. The fourth-order valence-corrected chi connectivity index (χ4v) is 4.36. The lowest BCUT2D eigenvalue weighted by Gasteiger charge is -2.31. The van der Waals surface area contributed by atoms with Gasteiger partial charge in [0.25, 0.3) is 0 Å². The topological polar surface area (TPSA) is 81.0 Å². The van der Waals surface area contributed by atoms with Gasteiger partial charge in [-0.15, -0.1) is 0 Å². The highest BCUT2D eigenvalue weighted by Crippen LogP contribution is 2.26. The molecule has 0 N–H and O–H groups in total. The van der Waals surface area contributed by atoms with Crippen LogP contribution in [-0.4, -0.2) is 51.8 Å². The number of aryl methyl sites for hydroxylation is 1. The predicted octanol–water partition coefficient (Wildman–Crippen LogP) is 1.96. The molecule has 1 aliphatic heterocycles. The lowest BCUT2D eigenvalue weighted by atomic mass is 9.93. The van der Waals surface area contributed by atoms with E-state index in [9.17, 15) is 8.42 Å². The molecule has 1 aliphatic rings. The fourth-order valence-electron chi connectivity index (χ4n) is 3.42. The van der Waals surface area contributed by atoms with E-state index in [1.54, 1.807) is 22.9 Å². The Bertz CT molecular complexity index is 818. The number of nitrogens with zero attached hydrogens (tertiary/aromatic N) is 5. The highest BCUT2D eigenvalue weighted by molar-refractivity contribution is 7.88. The molecule has 0 radical (unpaired) electrons. The molecule has 3 heterocycles. The SMILES string of the molecule is CCCn1nccc1-c1nccnc1CC1CCCN(S(C)(=O)=O)C1. The van der Waals surface area contributed by atoms with Gasteiger partial charge in [0.2, 0.25) is 10.0 Å². The molecule has 0 aliphatic carbocycles. The van der Waals surface area contributed by atoms with Crippen molar-refractivity contribution >= 4 is 10.0 Å². The molecule has 7 nitrogen and oxygen atoms in total. The summed E-state index contributed by atoms with van der Waals surface area (Å²) in [6.07, 6.45) is 10.1. The molecule has 25 heavy (non-hydrogen) atoms. The Labute approximate surface area is 149 Å². The second-order valence-corrected chi connectivity index (χ2v) is 8.61. The van der Waals surface area contributed by atoms with Crippen LogP contribution in [0.1, 0.15) is 31.9 Å². The van der Waals surface area contributed by atoms with Crippen molar-refractivity contribution in [2.24, 2.45) is 5.92 Å². The lowest BCUT2D eigenvalue weighted by Crippen LogP contribution is -2.40. The molecule has 0 bridgehead atoms. The van der Waals surface area contributed by atoms with Gasteiger partial charge in [-0.1, -0.05) is 6.92 Å². The van der Waals surface area contributed by atoms with E-state index in [-0.39, 0.29) is 5.92 Å². The van der Waals surface area contributed by atoms with Crippen molar-refractivity contribution in [3.63, 3.8) is 0 Å². The molecule has 3 rings (SSSR count). The molecule has 8 heteroatoms. The predicted molar refractivity (Wildman–Crippen MR) is 96.4 cm³/mol. The molecule has 0 saturated carbocycles. The first-order chi connectivity index (χ1) is 12.0. The van der Waals surface area contributed by atoms with E-state index in [1.165, 1.54) is 6.26 Å². The fraction of sp³-hybridized carbons (Fsp3) is 0.588. The second kappa shape index (κ2) is 7.61. The van der Waals surface area contributed by atoms with Crippen LogP contribution >= 0.6 is 0 Å². The first-order valence-electron chi connectivity index (χ1n) is 8.76. The van der Waals surface area contributed by atoms with Gasteiger partial charge < -0.3 is 0 Å². The van der Waals surface area contributed by atoms with E-state index in [0.29, 0.717) is 13.1 Å². The molecule has 1 fully saturated rings. The Morgan fingerprint density at radius 2 is 2.04 bits per heavy atom. The molecular weight excluding hydrogens is 338 g/mol. The Hall–Kier alpha value is -1.80. The van der Waals surface area contributed by atoms with Gasteiger partial charge in [-0.2, -0.15) is 5.10 Å². The van der Waals surface area contributed by atoms with Gasteiger partial charge in [0.15, 0.2) is 0 Å². The zero-order valence-electron chi connectivity index (χ0n) is 14.8. The highest BCUT2D eigenvalue weighted by Gasteiger charge is 2.27. The summed E-state index contributed by atoms with van der Waals surface area (Å²) in [7, 11) is -3.14. The van der Waals surface area contributed by atoms with E-state index >= 15 is 0 Å². The summed E-state index contributed by atoms with van der Waals surface area (Å²) >= 11 is 0. The van der Waals surface area contributed by atoms with E-state index in [0.717, 1.165) is 49.3 Å². The Morgan fingerprint density at radius 1 is 1.24 bits per heavy atom. The van der Waals surface area contributed by atoms with Gasteiger partial charge >= 0.3 is 0 Å². The van der Waals surface area contributed by atoms with Crippen molar-refractivity contribution in [1.82, 2.24) is 24.1 Å². The van der Waals surface area contributed by atoms with Crippen LogP contribution in [-0.2, 0) is 23.0 Å². The molecule has 1 atom stereocenters. The summed E-state index contributed by atoms with van der Waals surface area (Å²) in [4.78, 5) is 9.09. The molecule has 1 unspecified atom stereocenters. The maximum absolute atomic E-state index is 11.8. The van der Waals surface area contributed by atoms with Gasteiger partial charge in [0.05, 0.1) is 17.6 Å². The average Bonchev–Trinajstić information content (AvgIpc) is 3.03. The van der Waals surface area contributed by atoms with E-state index in [2.05, 4.69) is 22.0 Å². The van der Waals surface area contributed by atoms with Crippen LogP contribution in [0.15, 0.2) is 24.7 Å². The summed E-state index contributed by atoms with van der Waals surface area (Å²) in [6, 6.07) is 1.97. The second-order valence-electron chi connectivity index (χ2n) is 6.62. The number of hydrogen-bond acceptors (Lipinski definition) is 5. The zero-order valence-corrected chi connectivity index (χ0v) is 15.6. The monoisotopic (exact) mass is 363 g/mol. The molecule has 1 saturated heterocycles. The maximum atomic E-state index is 11.8. The summed E-state index contributed by atoms with van der Waals surface area (Å²) in [5.41, 5.74) is 2.74. The van der Waals surface area contributed by atoms with Crippen molar-refractivity contribution in [2.45, 2.75) is 39.2 Å². The molecule has 2 aromatic heterocycles. The van der Waals surface area contributed by atoms with Gasteiger partial charge in [-0.25, -0.2) is 12.7 Å². The molecule has 136 valence electrons. The van der Waals surface area contributed by atoms with Gasteiger partial charge in [-0.3, -0.25) is 14.6 Å². The van der Waals surface area contributed by atoms with Crippen molar-refractivity contribution in [3.05, 3.63) is 30.4 Å². The summed E-state index contributed by atoms with van der Waals surface area (Å²) in [5, 5.41) is 4.38. The first-order valence-corrected chi connectivity index (χ1v) is 10.6. The Morgan fingerprint density at radius 3 is 2.80 bits per heavy atom. The number of piperidine rings is 1. The lowest BCUT2D eigenvalue weighted by molar-refractivity contribution is 0.265. The number of sulfonamides is 1. The average molecular weight is 363 g/mol. The normalized spacial score (nSPS) is 19.2. The van der Waals surface area contributed by atoms with Crippen molar-refractivity contribution in [3.8, 4) is 11.4 Å². The van der Waals surface area contributed by atoms with Crippen LogP contribution in [0.3, 0.4) is 0 Å². The van der Waals surface area contributed by atoms with Crippen molar-refractivity contribution < 1.29 is 8.42 Å². The van der Waals surface area contributed by atoms with Gasteiger partial charge in [0, 0.05) is 38.2 Å². The van der Waals surface area contributed by atoms with Crippen LogP contribution in [0.4, 0.5) is 0 Å². The summed E-state index contributed by atoms with van der Waals surface area (Å²) < 4.78 is 27.2. The number of hydrogen-bond donors (Lipinski definition) is 0. The van der Waals surface area contributed by atoms with E-state index in [4.69, 9.17) is 0 Å².